The Hall–Kier alpha value is -0.770. The number of benzene rings is 1. The molecule has 0 heterocycles. The molecule has 1 aromatic rings. The second kappa shape index (κ2) is 9.20. The first-order valence-electron chi connectivity index (χ1n) is 6.44. The van der Waals surface area contributed by atoms with Crippen LogP contribution in [0.25, 0.3) is 0 Å². The van der Waals surface area contributed by atoms with Crippen molar-refractivity contribution < 1.29 is 9.47 Å². The van der Waals surface area contributed by atoms with E-state index in [2.05, 4.69) is 18.7 Å². The van der Waals surface area contributed by atoms with Gasteiger partial charge in [0.05, 0.1) is 13.2 Å². The first kappa shape index (κ1) is 15.3. The average molecular weight is 272 g/mol. The van der Waals surface area contributed by atoms with Gasteiger partial charge in [0, 0.05) is 11.6 Å². The first-order valence-corrected chi connectivity index (χ1v) is 6.82. The molecule has 18 heavy (non-hydrogen) atoms. The predicted octanol–water partition coefficient (Wildman–Crippen LogP) is 3.08. The minimum Gasteiger partial charge on any atom is -0.491 e. The highest BCUT2D eigenvalue weighted by molar-refractivity contribution is 6.30. The van der Waals surface area contributed by atoms with E-state index in [4.69, 9.17) is 21.1 Å². The van der Waals surface area contributed by atoms with E-state index < -0.39 is 0 Å². The lowest BCUT2D eigenvalue weighted by molar-refractivity contribution is 0.0819. The maximum atomic E-state index is 5.86. The molecule has 0 amide bonds. The number of hydrogen-bond acceptors (Lipinski definition) is 3. The Morgan fingerprint density at radius 1 is 1.11 bits per heavy atom. The van der Waals surface area contributed by atoms with E-state index >= 15 is 0 Å². The number of hydrogen-bond donors (Lipinski definition) is 0. The Morgan fingerprint density at radius 3 is 2.56 bits per heavy atom. The largest absolute Gasteiger partial charge is 0.491 e. The zero-order chi connectivity index (χ0) is 13.2. The van der Waals surface area contributed by atoms with Crippen molar-refractivity contribution in [2.75, 3.05) is 39.5 Å². The molecule has 0 N–H and O–H groups in total. The van der Waals surface area contributed by atoms with Gasteiger partial charge in [-0.15, -0.1) is 0 Å². The molecule has 102 valence electrons. The molecule has 0 aliphatic heterocycles. The molecule has 0 bridgehead atoms. The minimum atomic E-state index is 0.554. The van der Waals surface area contributed by atoms with E-state index in [1.807, 2.05) is 18.2 Å². The molecule has 0 saturated carbocycles. The monoisotopic (exact) mass is 271 g/mol. The second-order valence-corrected chi connectivity index (χ2v) is 4.38. The van der Waals surface area contributed by atoms with Crippen molar-refractivity contribution in [3.63, 3.8) is 0 Å². The van der Waals surface area contributed by atoms with Crippen LogP contribution in [-0.2, 0) is 4.74 Å². The van der Waals surface area contributed by atoms with Crippen molar-refractivity contribution in [3.05, 3.63) is 29.3 Å². The first-order chi connectivity index (χ1) is 8.76. The minimum absolute atomic E-state index is 0.554. The summed E-state index contributed by atoms with van der Waals surface area (Å²) >= 11 is 5.86. The molecule has 0 radical (unpaired) electrons. The molecule has 0 aromatic heterocycles. The number of halogens is 1. The molecule has 0 aliphatic rings. The Bertz CT molecular complexity index is 329. The van der Waals surface area contributed by atoms with Gasteiger partial charge in [0.1, 0.15) is 12.4 Å². The van der Waals surface area contributed by atoms with Gasteiger partial charge in [-0.05, 0) is 31.3 Å². The Balaban J connectivity index is 2.05. The van der Waals surface area contributed by atoms with Gasteiger partial charge in [-0.1, -0.05) is 31.5 Å². The van der Waals surface area contributed by atoms with Crippen molar-refractivity contribution in [1.29, 1.82) is 0 Å². The molecule has 1 rings (SSSR count). The van der Waals surface area contributed by atoms with Gasteiger partial charge in [-0.3, -0.25) is 0 Å². The van der Waals surface area contributed by atoms with Gasteiger partial charge in [0.25, 0.3) is 0 Å². The van der Waals surface area contributed by atoms with Crippen LogP contribution in [0.2, 0.25) is 5.02 Å². The number of likely N-dealkylation sites (N-methyl/N-ethyl adjacent to an activating group) is 1. The van der Waals surface area contributed by atoms with Gasteiger partial charge >= 0.3 is 0 Å². The highest BCUT2D eigenvalue weighted by atomic mass is 35.5. The van der Waals surface area contributed by atoms with E-state index in [0.717, 1.165) is 32.0 Å². The fourth-order valence-corrected chi connectivity index (χ4v) is 1.79. The zero-order valence-corrected chi connectivity index (χ0v) is 11.9. The Labute approximate surface area is 115 Å². The smallest absolute Gasteiger partial charge is 0.120 e. The van der Waals surface area contributed by atoms with Crippen molar-refractivity contribution in [1.82, 2.24) is 4.90 Å². The van der Waals surface area contributed by atoms with Crippen LogP contribution in [0.5, 0.6) is 5.75 Å². The molecule has 0 spiro atoms. The predicted molar refractivity (Wildman–Crippen MR) is 75.6 cm³/mol. The highest BCUT2D eigenvalue weighted by Gasteiger charge is 1.98. The molecule has 3 nitrogen and oxygen atoms in total. The van der Waals surface area contributed by atoms with Crippen LogP contribution in [0, 0.1) is 0 Å². The summed E-state index contributed by atoms with van der Waals surface area (Å²) in [5.41, 5.74) is 0. The topological polar surface area (TPSA) is 21.7 Å². The van der Waals surface area contributed by atoms with E-state index in [1.54, 1.807) is 6.07 Å². The highest BCUT2D eigenvalue weighted by Crippen LogP contribution is 2.16. The van der Waals surface area contributed by atoms with Crippen LogP contribution < -0.4 is 4.74 Å². The van der Waals surface area contributed by atoms with Crippen LogP contribution in [0.3, 0.4) is 0 Å². The van der Waals surface area contributed by atoms with Crippen molar-refractivity contribution >= 4 is 11.6 Å². The quantitative estimate of drug-likeness (QED) is 0.645. The number of nitrogens with zero attached hydrogens (tertiary/aromatic N) is 1. The average Bonchev–Trinajstić information content (AvgIpc) is 2.38. The fourth-order valence-electron chi connectivity index (χ4n) is 1.61. The lowest BCUT2D eigenvalue weighted by Gasteiger charge is -2.17. The molecule has 0 aliphatic carbocycles. The molecule has 1 aromatic carbocycles. The summed E-state index contributed by atoms with van der Waals surface area (Å²) in [7, 11) is 0. The van der Waals surface area contributed by atoms with Gasteiger partial charge in [-0.25, -0.2) is 0 Å². The summed E-state index contributed by atoms with van der Waals surface area (Å²) in [6.45, 7) is 9.34. The van der Waals surface area contributed by atoms with Crippen molar-refractivity contribution in [2.45, 2.75) is 13.8 Å². The maximum absolute atomic E-state index is 5.86. The van der Waals surface area contributed by atoms with Crippen LogP contribution in [0.15, 0.2) is 24.3 Å². The SMILES string of the molecule is CCN(CC)CCOCCOc1cccc(Cl)c1. The van der Waals surface area contributed by atoms with Gasteiger partial charge in [0.2, 0.25) is 0 Å². The van der Waals surface area contributed by atoms with Crippen LogP contribution in [0.1, 0.15) is 13.8 Å². The second-order valence-electron chi connectivity index (χ2n) is 3.95. The number of ether oxygens (including phenoxy) is 2. The van der Waals surface area contributed by atoms with E-state index in [1.165, 1.54) is 0 Å². The van der Waals surface area contributed by atoms with Crippen LogP contribution in [-0.4, -0.2) is 44.4 Å². The van der Waals surface area contributed by atoms with Gasteiger partial charge < -0.3 is 14.4 Å². The Kier molecular flexibility index (Phi) is 7.81. The third-order valence-corrected chi connectivity index (χ3v) is 2.97. The lowest BCUT2D eigenvalue weighted by Crippen LogP contribution is -2.27. The normalized spacial score (nSPS) is 10.9. The summed E-state index contributed by atoms with van der Waals surface area (Å²) in [5, 5.41) is 0.690. The van der Waals surface area contributed by atoms with Crippen LogP contribution in [0.4, 0.5) is 0 Å². The molecule has 4 heteroatoms. The molecular formula is C14H22ClNO2. The summed E-state index contributed by atoms with van der Waals surface area (Å²) in [4.78, 5) is 2.33. The van der Waals surface area contributed by atoms with Crippen molar-refractivity contribution in [2.24, 2.45) is 0 Å². The Morgan fingerprint density at radius 2 is 1.89 bits per heavy atom. The summed E-state index contributed by atoms with van der Waals surface area (Å²) < 4.78 is 11.0. The maximum Gasteiger partial charge on any atom is 0.120 e. The van der Waals surface area contributed by atoms with Gasteiger partial charge in [-0.2, -0.15) is 0 Å². The van der Waals surface area contributed by atoms with E-state index in [9.17, 15) is 0 Å². The third-order valence-electron chi connectivity index (χ3n) is 2.74. The van der Waals surface area contributed by atoms with Crippen molar-refractivity contribution in [3.8, 4) is 5.75 Å². The molecule has 0 unspecified atom stereocenters. The fraction of sp³-hybridized carbons (Fsp3) is 0.571. The number of rotatable bonds is 9. The van der Waals surface area contributed by atoms with Gasteiger partial charge in [0.15, 0.2) is 0 Å². The van der Waals surface area contributed by atoms with E-state index in [0.29, 0.717) is 18.2 Å². The zero-order valence-electron chi connectivity index (χ0n) is 11.2. The third kappa shape index (κ3) is 6.24. The summed E-state index contributed by atoms with van der Waals surface area (Å²) in [6.07, 6.45) is 0. The molecule has 0 saturated heterocycles. The lowest BCUT2D eigenvalue weighted by atomic mass is 10.3. The standard InChI is InChI=1S/C14H22ClNO2/c1-3-16(4-2)8-9-17-10-11-18-14-7-5-6-13(15)12-14/h5-7,12H,3-4,8-11H2,1-2H3. The molecular weight excluding hydrogens is 250 g/mol. The molecule has 0 atom stereocenters. The summed E-state index contributed by atoms with van der Waals surface area (Å²) in [5.74, 6) is 0.787. The van der Waals surface area contributed by atoms with E-state index in [-0.39, 0.29) is 0 Å². The molecule has 0 fully saturated rings. The summed E-state index contributed by atoms with van der Waals surface area (Å²) in [6, 6.07) is 7.40. The van der Waals surface area contributed by atoms with Crippen LogP contribution >= 0.6 is 11.6 Å².